The van der Waals surface area contributed by atoms with Crippen LogP contribution in [0.2, 0.25) is 0 Å². The summed E-state index contributed by atoms with van der Waals surface area (Å²) in [5.74, 6) is 0. The van der Waals surface area contributed by atoms with Gasteiger partial charge in [0.1, 0.15) is 5.67 Å². The number of nitrogens with zero attached hydrogens (tertiary/aromatic N) is 1. The van der Waals surface area contributed by atoms with E-state index in [2.05, 4.69) is 4.99 Å². The summed E-state index contributed by atoms with van der Waals surface area (Å²) in [5.41, 5.74) is -0.718. The lowest BCUT2D eigenvalue weighted by atomic mass is 9.76. The molecule has 1 unspecified atom stereocenters. The summed E-state index contributed by atoms with van der Waals surface area (Å²) in [6, 6.07) is 0. The first-order chi connectivity index (χ1) is 6.20. The third-order valence-corrected chi connectivity index (χ3v) is 2.60. The number of halogens is 1. The fourth-order valence-corrected chi connectivity index (χ4v) is 0.993. The van der Waals surface area contributed by atoms with Crippen molar-refractivity contribution in [3.8, 4) is 0 Å². The molecular weight excluding hydrogens is 177 g/mol. The van der Waals surface area contributed by atoms with E-state index in [1.54, 1.807) is 13.1 Å². The van der Waals surface area contributed by atoms with Gasteiger partial charge < -0.3 is 0 Å². The minimum atomic E-state index is -1.21. The van der Waals surface area contributed by atoms with Gasteiger partial charge in [-0.25, -0.2) is 4.39 Å². The molecule has 0 saturated carbocycles. The Hall–Kier alpha value is -0.660. The smallest absolute Gasteiger partial charge is 0.118 e. The van der Waals surface area contributed by atoms with Gasteiger partial charge in [0.05, 0.1) is 0 Å². The summed E-state index contributed by atoms with van der Waals surface area (Å²) in [5, 5.41) is 0. The molecule has 0 spiro atoms. The van der Waals surface area contributed by atoms with Gasteiger partial charge in [0.25, 0.3) is 0 Å². The molecule has 0 rings (SSSR count). The van der Waals surface area contributed by atoms with Gasteiger partial charge in [-0.2, -0.15) is 0 Å². The first-order valence-electron chi connectivity index (χ1n) is 5.04. The predicted octanol–water partition coefficient (Wildman–Crippen LogP) is 4.15. The summed E-state index contributed by atoms with van der Waals surface area (Å²) < 4.78 is 14.2. The molecule has 0 bridgehead atoms. The fraction of sp³-hybridized carbons (Fsp3) is 0.750. The van der Waals surface area contributed by atoms with Gasteiger partial charge in [0.15, 0.2) is 0 Å². The van der Waals surface area contributed by atoms with E-state index < -0.39 is 5.67 Å². The Morgan fingerprint density at radius 1 is 1.29 bits per heavy atom. The van der Waals surface area contributed by atoms with Crippen LogP contribution in [-0.4, -0.2) is 11.4 Å². The number of alkyl halides is 1. The summed E-state index contributed by atoms with van der Waals surface area (Å²) in [6.45, 7) is 11.1. The summed E-state index contributed by atoms with van der Waals surface area (Å²) in [6.07, 6.45) is 3.94. The SMILES string of the molecule is C/C=C\N=C(C)CC(C)(F)C(C)(C)C. The normalized spacial score (nSPS) is 18.6. The molecule has 0 aliphatic carbocycles. The molecule has 0 aliphatic heterocycles. The topological polar surface area (TPSA) is 12.4 Å². The molecule has 14 heavy (non-hydrogen) atoms. The van der Waals surface area contributed by atoms with Crippen molar-refractivity contribution in [2.24, 2.45) is 10.4 Å². The monoisotopic (exact) mass is 199 g/mol. The van der Waals surface area contributed by atoms with Gasteiger partial charge in [-0.15, -0.1) is 0 Å². The zero-order chi connectivity index (χ0) is 11.4. The Labute approximate surface area is 87.1 Å². The van der Waals surface area contributed by atoms with Gasteiger partial charge in [-0.3, -0.25) is 4.99 Å². The summed E-state index contributed by atoms with van der Waals surface area (Å²) in [7, 11) is 0. The number of hydrogen-bond acceptors (Lipinski definition) is 1. The maximum atomic E-state index is 14.2. The molecule has 0 aromatic carbocycles. The average Bonchev–Trinajstić information content (AvgIpc) is 1.97. The predicted molar refractivity (Wildman–Crippen MR) is 61.5 cm³/mol. The highest BCUT2D eigenvalue weighted by molar-refractivity contribution is 5.83. The molecule has 82 valence electrons. The molecular formula is C12H22FN. The molecule has 0 aliphatic rings. The van der Waals surface area contributed by atoms with Crippen molar-refractivity contribution in [3.05, 3.63) is 12.3 Å². The van der Waals surface area contributed by atoms with E-state index in [9.17, 15) is 4.39 Å². The maximum absolute atomic E-state index is 14.2. The van der Waals surface area contributed by atoms with E-state index in [0.717, 1.165) is 5.71 Å². The second-order valence-corrected chi connectivity index (χ2v) is 4.97. The highest BCUT2D eigenvalue weighted by Crippen LogP contribution is 2.36. The maximum Gasteiger partial charge on any atom is 0.118 e. The molecule has 1 nitrogen and oxygen atoms in total. The highest BCUT2D eigenvalue weighted by Gasteiger charge is 2.37. The Morgan fingerprint density at radius 2 is 1.79 bits per heavy atom. The number of hydrogen-bond donors (Lipinski definition) is 0. The lowest BCUT2D eigenvalue weighted by molar-refractivity contribution is 0.0559. The van der Waals surface area contributed by atoms with Crippen molar-refractivity contribution in [2.45, 2.75) is 53.6 Å². The highest BCUT2D eigenvalue weighted by atomic mass is 19.1. The largest absolute Gasteiger partial charge is 0.266 e. The second-order valence-electron chi connectivity index (χ2n) is 4.97. The van der Waals surface area contributed by atoms with E-state index in [4.69, 9.17) is 0 Å². The van der Waals surface area contributed by atoms with Crippen molar-refractivity contribution < 1.29 is 4.39 Å². The first-order valence-corrected chi connectivity index (χ1v) is 5.04. The van der Waals surface area contributed by atoms with Crippen LogP contribution in [0.1, 0.15) is 48.0 Å². The van der Waals surface area contributed by atoms with Gasteiger partial charge in [0, 0.05) is 18.3 Å². The Morgan fingerprint density at radius 3 is 2.14 bits per heavy atom. The molecule has 0 amide bonds. The lowest BCUT2D eigenvalue weighted by Crippen LogP contribution is -2.36. The number of aliphatic imine (C=N–C) groups is 1. The molecule has 0 aromatic rings. The summed E-state index contributed by atoms with van der Waals surface area (Å²) in [4.78, 5) is 4.14. The van der Waals surface area contributed by atoms with Crippen LogP contribution in [0.4, 0.5) is 4.39 Å². The molecule has 0 radical (unpaired) electrons. The lowest BCUT2D eigenvalue weighted by Gasteiger charge is -2.34. The standard InChI is InChI=1S/C12H22FN/c1-7-8-14-10(2)9-12(6,13)11(3,4)5/h7-8H,9H2,1-6H3/b8-7-,14-10?. The number of rotatable bonds is 3. The average molecular weight is 199 g/mol. The van der Waals surface area contributed by atoms with Crippen molar-refractivity contribution in [3.63, 3.8) is 0 Å². The molecule has 0 heterocycles. The zero-order valence-corrected chi connectivity index (χ0v) is 10.2. The van der Waals surface area contributed by atoms with E-state index in [0.29, 0.717) is 6.42 Å². The Bertz CT molecular complexity index is 231. The second kappa shape index (κ2) is 4.72. The van der Waals surface area contributed by atoms with E-state index in [-0.39, 0.29) is 5.41 Å². The van der Waals surface area contributed by atoms with Gasteiger partial charge >= 0.3 is 0 Å². The van der Waals surface area contributed by atoms with E-state index in [1.807, 2.05) is 40.7 Å². The van der Waals surface area contributed by atoms with Crippen LogP contribution in [0.5, 0.6) is 0 Å². The Kier molecular flexibility index (Phi) is 4.50. The molecule has 1 atom stereocenters. The van der Waals surface area contributed by atoms with Crippen molar-refractivity contribution >= 4 is 5.71 Å². The van der Waals surface area contributed by atoms with Gasteiger partial charge in [-0.05, 0) is 26.2 Å². The van der Waals surface area contributed by atoms with Crippen LogP contribution >= 0.6 is 0 Å². The number of allylic oxidation sites excluding steroid dienone is 1. The molecule has 2 heteroatoms. The van der Waals surface area contributed by atoms with Crippen molar-refractivity contribution in [2.75, 3.05) is 0 Å². The fourth-order valence-electron chi connectivity index (χ4n) is 0.993. The minimum Gasteiger partial charge on any atom is -0.266 e. The summed E-state index contributed by atoms with van der Waals surface area (Å²) >= 11 is 0. The van der Waals surface area contributed by atoms with Crippen LogP contribution < -0.4 is 0 Å². The third kappa shape index (κ3) is 4.03. The van der Waals surface area contributed by atoms with E-state index >= 15 is 0 Å². The van der Waals surface area contributed by atoms with Crippen LogP contribution in [0, 0.1) is 5.41 Å². The molecule has 0 N–H and O–H groups in total. The Balaban J connectivity index is 4.52. The quantitative estimate of drug-likeness (QED) is 0.606. The first kappa shape index (κ1) is 13.3. The minimum absolute atomic E-state index is 0.348. The van der Waals surface area contributed by atoms with Gasteiger partial charge in [0.2, 0.25) is 0 Å². The molecule has 0 aromatic heterocycles. The van der Waals surface area contributed by atoms with Crippen LogP contribution in [-0.2, 0) is 0 Å². The van der Waals surface area contributed by atoms with Gasteiger partial charge in [-0.1, -0.05) is 26.8 Å². The third-order valence-electron chi connectivity index (χ3n) is 2.60. The van der Waals surface area contributed by atoms with E-state index in [1.165, 1.54) is 0 Å². The van der Waals surface area contributed by atoms with Crippen LogP contribution in [0.3, 0.4) is 0 Å². The molecule has 0 saturated heterocycles. The van der Waals surface area contributed by atoms with Crippen molar-refractivity contribution in [1.29, 1.82) is 0 Å². The van der Waals surface area contributed by atoms with Crippen molar-refractivity contribution in [1.82, 2.24) is 0 Å². The van der Waals surface area contributed by atoms with Crippen LogP contribution in [0.25, 0.3) is 0 Å². The zero-order valence-electron chi connectivity index (χ0n) is 10.2. The molecule has 0 fully saturated rings. The van der Waals surface area contributed by atoms with Crippen LogP contribution in [0.15, 0.2) is 17.3 Å².